The fourth-order valence-electron chi connectivity index (χ4n) is 5.39. The minimum atomic E-state index is -4.44. The van der Waals surface area contributed by atoms with Crippen LogP contribution in [-0.4, -0.2) is 63.8 Å². The maximum Gasteiger partial charge on any atom is 0.416 e. The quantitative estimate of drug-likeness (QED) is 0.683. The zero-order chi connectivity index (χ0) is 25.5. The summed E-state index contributed by atoms with van der Waals surface area (Å²) in [6.45, 7) is 6.20. The van der Waals surface area contributed by atoms with Gasteiger partial charge in [-0.2, -0.15) is 18.3 Å². The van der Waals surface area contributed by atoms with Crippen LogP contribution in [0.2, 0.25) is 0 Å². The van der Waals surface area contributed by atoms with E-state index in [1.165, 1.54) is 6.07 Å². The summed E-state index contributed by atoms with van der Waals surface area (Å²) in [5.74, 6) is 0.316. The highest BCUT2D eigenvalue weighted by Crippen LogP contribution is 2.38. The van der Waals surface area contributed by atoms with E-state index in [1.54, 1.807) is 25.1 Å². The summed E-state index contributed by atoms with van der Waals surface area (Å²) in [7, 11) is 3.46. The van der Waals surface area contributed by atoms with Crippen molar-refractivity contribution in [1.29, 1.82) is 0 Å². The molecule has 2 aromatic rings. The summed E-state index contributed by atoms with van der Waals surface area (Å²) in [6.07, 6.45) is -1.23. The Hall–Kier alpha value is -2.39. The molecule has 6 nitrogen and oxygen atoms in total. The van der Waals surface area contributed by atoms with E-state index in [0.717, 1.165) is 42.8 Å². The smallest absolute Gasteiger partial charge is 0.385 e. The summed E-state index contributed by atoms with van der Waals surface area (Å²) in [6, 6.07) is 5.26. The van der Waals surface area contributed by atoms with Gasteiger partial charge in [-0.1, -0.05) is 26.0 Å². The molecule has 4 rings (SSSR count). The van der Waals surface area contributed by atoms with Crippen molar-refractivity contribution in [3.05, 3.63) is 52.3 Å². The first-order valence-corrected chi connectivity index (χ1v) is 12.3. The Balaban J connectivity index is 1.50. The molecule has 1 aliphatic carbocycles. The summed E-state index contributed by atoms with van der Waals surface area (Å²) >= 11 is 0. The highest BCUT2D eigenvalue weighted by Gasteiger charge is 2.40. The number of piperidine rings is 1. The van der Waals surface area contributed by atoms with E-state index in [1.807, 2.05) is 4.68 Å². The molecule has 2 aliphatic rings. The Bertz CT molecular complexity index is 1070. The molecule has 35 heavy (non-hydrogen) atoms. The maximum atomic E-state index is 13.2. The number of aromatic nitrogens is 2. The summed E-state index contributed by atoms with van der Waals surface area (Å²) in [5, 5.41) is 15.9. The van der Waals surface area contributed by atoms with Gasteiger partial charge in [-0.25, -0.2) is 0 Å². The number of hydrogen-bond acceptors (Lipinski definition) is 4. The van der Waals surface area contributed by atoms with Crippen LogP contribution in [0.4, 0.5) is 13.2 Å². The molecule has 0 unspecified atom stereocenters. The molecular formula is C26H35F3N4O2. The van der Waals surface area contributed by atoms with E-state index < -0.39 is 17.3 Å². The number of aliphatic hydroxyl groups is 1. The lowest BCUT2D eigenvalue weighted by Crippen LogP contribution is -2.48. The highest BCUT2D eigenvalue weighted by molar-refractivity contribution is 5.93. The number of halogens is 3. The molecular weight excluding hydrogens is 457 g/mol. The lowest BCUT2D eigenvalue weighted by molar-refractivity contribution is -0.137. The van der Waals surface area contributed by atoms with Crippen LogP contribution < -0.4 is 0 Å². The van der Waals surface area contributed by atoms with Crippen LogP contribution >= 0.6 is 0 Å². The van der Waals surface area contributed by atoms with E-state index in [9.17, 15) is 23.1 Å². The van der Waals surface area contributed by atoms with Crippen molar-refractivity contribution < 1.29 is 23.1 Å². The normalized spacial score (nSPS) is 20.7. The third-order valence-electron chi connectivity index (χ3n) is 7.34. The largest absolute Gasteiger partial charge is 0.416 e. The predicted molar refractivity (Wildman–Crippen MR) is 127 cm³/mol. The first-order chi connectivity index (χ1) is 16.4. The third kappa shape index (κ3) is 5.26. The lowest BCUT2D eigenvalue weighted by atomic mass is 9.82. The molecule has 1 aromatic heterocycles. The van der Waals surface area contributed by atoms with E-state index in [4.69, 9.17) is 5.10 Å². The van der Waals surface area contributed by atoms with Crippen LogP contribution in [0, 0.1) is 5.92 Å². The number of amides is 1. The molecule has 1 saturated heterocycles. The zero-order valence-corrected chi connectivity index (χ0v) is 20.9. The third-order valence-corrected chi connectivity index (χ3v) is 7.34. The Labute approximate surface area is 204 Å². The standard InChI is InChI=1S/C26H35F3N4O2/c1-17(2)16-33-22-9-8-20(15-21(22)23(30-33)24(34)31(3)4)32-12-10-25(35,11-13-32)18-6-5-7-19(14-18)26(27,28)29/h5-7,14,17,20,35H,8-13,15-16H2,1-4H3/t20-/m0/s1. The van der Waals surface area contributed by atoms with Gasteiger partial charge in [0.05, 0.1) is 11.2 Å². The van der Waals surface area contributed by atoms with Gasteiger partial charge in [0.1, 0.15) is 0 Å². The molecule has 1 fully saturated rings. The van der Waals surface area contributed by atoms with Gasteiger partial charge in [0, 0.05) is 51.0 Å². The van der Waals surface area contributed by atoms with Gasteiger partial charge in [0.25, 0.3) is 5.91 Å². The van der Waals surface area contributed by atoms with Crippen LogP contribution in [0.1, 0.15) is 66.0 Å². The number of hydrogen-bond donors (Lipinski definition) is 1. The zero-order valence-electron chi connectivity index (χ0n) is 20.9. The van der Waals surface area contributed by atoms with E-state index in [-0.39, 0.29) is 11.9 Å². The Kier molecular flexibility index (Phi) is 7.03. The van der Waals surface area contributed by atoms with Crippen molar-refractivity contribution in [2.24, 2.45) is 5.92 Å². The number of carbonyl (C=O) groups is 1. The summed E-state index contributed by atoms with van der Waals surface area (Å²) in [5.41, 5.74) is 0.991. The van der Waals surface area contributed by atoms with Crippen molar-refractivity contribution in [3.63, 3.8) is 0 Å². The predicted octanol–water partition coefficient (Wildman–Crippen LogP) is 4.10. The molecule has 1 amide bonds. The molecule has 1 aromatic carbocycles. The fraction of sp³-hybridized carbons (Fsp3) is 0.615. The average molecular weight is 493 g/mol. The van der Waals surface area contributed by atoms with Crippen LogP contribution in [0.5, 0.6) is 0 Å². The number of rotatable bonds is 5. The Morgan fingerprint density at radius 2 is 1.94 bits per heavy atom. The van der Waals surface area contributed by atoms with Crippen LogP contribution in [0.15, 0.2) is 24.3 Å². The number of carbonyl (C=O) groups excluding carboxylic acids is 1. The molecule has 1 atom stereocenters. The Morgan fingerprint density at radius 3 is 2.54 bits per heavy atom. The molecule has 2 heterocycles. The van der Waals surface area contributed by atoms with Gasteiger partial charge in [0.2, 0.25) is 0 Å². The molecule has 1 N–H and O–H groups in total. The molecule has 192 valence electrons. The van der Waals surface area contributed by atoms with Gasteiger partial charge in [-0.05, 0) is 55.7 Å². The summed E-state index contributed by atoms with van der Waals surface area (Å²) in [4.78, 5) is 16.7. The van der Waals surface area contributed by atoms with Crippen LogP contribution in [0.25, 0.3) is 0 Å². The highest BCUT2D eigenvalue weighted by atomic mass is 19.4. The second kappa shape index (κ2) is 9.58. The van der Waals surface area contributed by atoms with Crippen molar-refractivity contribution >= 4 is 5.91 Å². The lowest BCUT2D eigenvalue weighted by Gasteiger charge is -2.43. The molecule has 9 heteroatoms. The van der Waals surface area contributed by atoms with Gasteiger partial charge in [-0.3, -0.25) is 14.4 Å². The van der Waals surface area contributed by atoms with Crippen molar-refractivity contribution in [1.82, 2.24) is 19.6 Å². The first kappa shape index (κ1) is 25.7. The van der Waals surface area contributed by atoms with Gasteiger partial charge >= 0.3 is 6.18 Å². The van der Waals surface area contributed by atoms with E-state index in [0.29, 0.717) is 49.5 Å². The molecule has 0 saturated carbocycles. The van der Waals surface area contributed by atoms with Gasteiger partial charge in [-0.15, -0.1) is 0 Å². The topological polar surface area (TPSA) is 61.6 Å². The molecule has 1 aliphatic heterocycles. The number of benzene rings is 1. The second-order valence-electron chi connectivity index (χ2n) is 10.6. The maximum absolute atomic E-state index is 13.2. The number of fused-ring (bicyclic) bond motifs is 1. The molecule has 0 spiro atoms. The van der Waals surface area contributed by atoms with Crippen LogP contribution in [-0.2, 0) is 31.2 Å². The Morgan fingerprint density at radius 1 is 1.26 bits per heavy atom. The number of nitrogens with zero attached hydrogens (tertiary/aromatic N) is 4. The van der Waals surface area contributed by atoms with Gasteiger partial charge in [0.15, 0.2) is 5.69 Å². The fourth-order valence-corrected chi connectivity index (χ4v) is 5.39. The minimum Gasteiger partial charge on any atom is -0.385 e. The van der Waals surface area contributed by atoms with E-state index in [2.05, 4.69) is 18.7 Å². The van der Waals surface area contributed by atoms with Gasteiger partial charge < -0.3 is 10.0 Å². The monoisotopic (exact) mass is 492 g/mol. The number of likely N-dealkylation sites (tertiary alicyclic amines) is 1. The van der Waals surface area contributed by atoms with Crippen LogP contribution in [0.3, 0.4) is 0 Å². The van der Waals surface area contributed by atoms with Crippen molar-refractivity contribution in [2.45, 2.75) is 70.3 Å². The first-order valence-electron chi connectivity index (χ1n) is 12.3. The summed E-state index contributed by atoms with van der Waals surface area (Å²) < 4.78 is 41.5. The SMILES string of the molecule is CC(C)Cn1nc(C(=O)N(C)C)c2c1CC[C@H](N1CCC(O)(c3cccc(C(F)(F)F)c3)CC1)C2. The minimum absolute atomic E-state index is 0.0954. The average Bonchev–Trinajstić information content (AvgIpc) is 3.15. The van der Waals surface area contributed by atoms with Crippen molar-refractivity contribution in [2.75, 3.05) is 27.2 Å². The molecule has 0 radical (unpaired) electrons. The van der Waals surface area contributed by atoms with Crippen molar-refractivity contribution in [3.8, 4) is 0 Å². The van der Waals surface area contributed by atoms with E-state index >= 15 is 0 Å². The second-order valence-corrected chi connectivity index (χ2v) is 10.6. The molecule has 0 bridgehead atoms. The number of alkyl halides is 3.